The standard InChI is InChI=1S/C21H28N2O2.ClH/c1-25-16-8-7-15-23(17-18-9-3-2-4-10-18)21(24)14-13-19-11-5-6-12-20(19)22;/h2-6,9-12H,7-8,13-17,22H2,1H3;1H. The molecule has 26 heavy (non-hydrogen) atoms. The minimum absolute atomic E-state index is 0. The van der Waals surface area contributed by atoms with Crippen molar-refractivity contribution in [3.05, 3.63) is 65.7 Å². The smallest absolute Gasteiger partial charge is 0.223 e. The number of rotatable bonds is 10. The number of hydrogen-bond acceptors (Lipinski definition) is 3. The molecule has 2 N–H and O–H groups in total. The average Bonchev–Trinajstić information content (AvgIpc) is 2.64. The number of nitrogens with zero attached hydrogens (tertiary/aromatic N) is 1. The summed E-state index contributed by atoms with van der Waals surface area (Å²) in [6, 6.07) is 17.9. The third-order valence-electron chi connectivity index (χ3n) is 4.26. The van der Waals surface area contributed by atoms with Crippen LogP contribution in [0.3, 0.4) is 0 Å². The summed E-state index contributed by atoms with van der Waals surface area (Å²) in [5, 5.41) is 0. The normalized spacial score (nSPS) is 10.2. The third-order valence-corrected chi connectivity index (χ3v) is 4.26. The maximum atomic E-state index is 12.7. The van der Waals surface area contributed by atoms with Crippen LogP contribution >= 0.6 is 12.4 Å². The Bertz CT molecular complexity index is 649. The van der Waals surface area contributed by atoms with Crippen molar-refractivity contribution < 1.29 is 9.53 Å². The molecule has 0 saturated carbocycles. The first-order chi connectivity index (χ1) is 12.2. The summed E-state index contributed by atoms with van der Waals surface area (Å²) in [4.78, 5) is 14.7. The fourth-order valence-corrected chi connectivity index (χ4v) is 2.81. The second kappa shape index (κ2) is 12.3. The summed E-state index contributed by atoms with van der Waals surface area (Å²) in [6.07, 6.45) is 3.06. The van der Waals surface area contributed by atoms with Gasteiger partial charge < -0.3 is 15.4 Å². The number of halogens is 1. The molecule has 0 aliphatic rings. The van der Waals surface area contributed by atoms with Gasteiger partial charge in [-0.25, -0.2) is 0 Å². The van der Waals surface area contributed by atoms with Gasteiger partial charge in [0.05, 0.1) is 0 Å². The quantitative estimate of drug-likeness (QED) is 0.502. The Morgan fingerprint density at radius 1 is 1.04 bits per heavy atom. The highest BCUT2D eigenvalue weighted by Crippen LogP contribution is 2.15. The molecule has 0 heterocycles. The lowest BCUT2D eigenvalue weighted by atomic mass is 10.1. The third kappa shape index (κ3) is 7.46. The number of nitrogen functional groups attached to an aromatic ring is 1. The number of aryl methyl sites for hydroxylation is 1. The van der Waals surface area contributed by atoms with Gasteiger partial charge in [-0.1, -0.05) is 48.5 Å². The van der Waals surface area contributed by atoms with E-state index >= 15 is 0 Å². The summed E-state index contributed by atoms with van der Waals surface area (Å²) in [5.74, 6) is 0.171. The molecular weight excluding hydrogens is 348 g/mol. The first kappa shape index (κ1) is 22.0. The van der Waals surface area contributed by atoms with Crippen LogP contribution in [-0.2, 0) is 22.5 Å². The number of carbonyl (C=O) groups is 1. The van der Waals surface area contributed by atoms with E-state index in [2.05, 4.69) is 12.1 Å². The van der Waals surface area contributed by atoms with Gasteiger partial charge in [0.2, 0.25) is 5.91 Å². The van der Waals surface area contributed by atoms with Crippen LogP contribution in [0.4, 0.5) is 5.69 Å². The summed E-state index contributed by atoms with van der Waals surface area (Å²) in [5.41, 5.74) is 8.93. The van der Waals surface area contributed by atoms with E-state index in [0.29, 0.717) is 19.4 Å². The van der Waals surface area contributed by atoms with Gasteiger partial charge in [-0.2, -0.15) is 0 Å². The Hall–Kier alpha value is -2.04. The molecule has 0 spiro atoms. The summed E-state index contributed by atoms with van der Waals surface area (Å²) < 4.78 is 5.10. The predicted octanol–water partition coefficient (Wildman–Crippen LogP) is 4.08. The zero-order valence-electron chi connectivity index (χ0n) is 15.4. The molecule has 142 valence electrons. The summed E-state index contributed by atoms with van der Waals surface area (Å²) in [7, 11) is 1.71. The Kier molecular flexibility index (Phi) is 10.4. The van der Waals surface area contributed by atoms with Crippen LogP contribution in [0, 0.1) is 0 Å². The average molecular weight is 377 g/mol. The van der Waals surface area contributed by atoms with Crippen LogP contribution in [0.1, 0.15) is 30.4 Å². The predicted molar refractivity (Wildman–Crippen MR) is 109 cm³/mol. The van der Waals surface area contributed by atoms with E-state index in [4.69, 9.17) is 10.5 Å². The van der Waals surface area contributed by atoms with Gasteiger partial charge in [0.15, 0.2) is 0 Å². The first-order valence-electron chi connectivity index (χ1n) is 8.84. The van der Waals surface area contributed by atoms with Crippen molar-refractivity contribution in [3.8, 4) is 0 Å². The van der Waals surface area contributed by atoms with Crippen molar-refractivity contribution >= 4 is 24.0 Å². The first-order valence-corrected chi connectivity index (χ1v) is 8.84. The van der Waals surface area contributed by atoms with Gasteiger partial charge in [-0.05, 0) is 36.5 Å². The van der Waals surface area contributed by atoms with E-state index in [1.807, 2.05) is 47.4 Å². The van der Waals surface area contributed by atoms with Gasteiger partial charge in [0.25, 0.3) is 0 Å². The number of amides is 1. The minimum Gasteiger partial charge on any atom is -0.399 e. The maximum absolute atomic E-state index is 12.7. The molecule has 0 aromatic heterocycles. The molecule has 0 bridgehead atoms. The van der Waals surface area contributed by atoms with Gasteiger partial charge in [-0.15, -0.1) is 12.4 Å². The van der Waals surface area contributed by atoms with Crippen molar-refractivity contribution in [1.82, 2.24) is 4.90 Å². The lowest BCUT2D eigenvalue weighted by Gasteiger charge is -2.23. The van der Waals surface area contributed by atoms with E-state index in [1.165, 1.54) is 0 Å². The molecule has 2 aromatic rings. The number of unbranched alkanes of at least 4 members (excludes halogenated alkanes) is 1. The number of hydrogen-bond donors (Lipinski definition) is 1. The van der Waals surface area contributed by atoms with Crippen molar-refractivity contribution in [3.63, 3.8) is 0 Å². The van der Waals surface area contributed by atoms with E-state index < -0.39 is 0 Å². The van der Waals surface area contributed by atoms with Gasteiger partial charge in [-0.3, -0.25) is 4.79 Å². The zero-order valence-corrected chi connectivity index (χ0v) is 16.2. The van der Waals surface area contributed by atoms with Crippen molar-refractivity contribution in [1.29, 1.82) is 0 Å². The van der Waals surface area contributed by atoms with Crippen molar-refractivity contribution in [2.45, 2.75) is 32.2 Å². The topological polar surface area (TPSA) is 55.6 Å². The molecule has 2 aromatic carbocycles. The van der Waals surface area contributed by atoms with Crippen LogP contribution in [0.5, 0.6) is 0 Å². The Labute approximate surface area is 162 Å². The Morgan fingerprint density at radius 3 is 2.42 bits per heavy atom. The number of anilines is 1. The van der Waals surface area contributed by atoms with Crippen LogP contribution in [0.2, 0.25) is 0 Å². The zero-order chi connectivity index (χ0) is 17.9. The number of carbonyl (C=O) groups excluding carboxylic acids is 1. The molecule has 0 fully saturated rings. The fraction of sp³-hybridized carbons (Fsp3) is 0.381. The van der Waals surface area contributed by atoms with E-state index in [0.717, 1.165) is 42.8 Å². The Balaban J connectivity index is 0.00000338. The number of methoxy groups -OCH3 is 1. The number of ether oxygens (including phenoxy) is 1. The van der Waals surface area contributed by atoms with E-state index in [9.17, 15) is 4.79 Å². The van der Waals surface area contributed by atoms with Crippen LogP contribution in [0.25, 0.3) is 0 Å². The van der Waals surface area contributed by atoms with Gasteiger partial charge in [0.1, 0.15) is 0 Å². The highest BCUT2D eigenvalue weighted by molar-refractivity contribution is 5.85. The SMILES string of the molecule is COCCCCN(Cc1ccccc1)C(=O)CCc1ccccc1N.Cl. The van der Waals surface area contributed by atoms with Crippen LogP contribution < -0.4 is 5.73 Å². The molecule has 0 radical (unpaired) electrons. The molecule has 0 aliphatic heterocycles. The number of nitrogens with two attached hydrogens (primary N) is 1. The number of para-hydroxylation sites is 1. The molecule has 0 saturated heterocycles. The summed E-state index contributed by atoms with van der Waals surface area (Å²) >= 11 is 0. The molecule has 2 rings (SSSR count). The lowest BCUT2D eigenvalue weighted by Crippen LogP contribution is -2.32. The summed E-state index contributed by atoms with van der Waals surface area (Å²) in [6.45, 7) is 2.13. The second-order valence-electron chi connectivity index (χ2n) is 6.20. The maximum Gasteiger partial charge on any atom is 0.223 e. The highest BCUT2D eigenvalue weighted by Gasteiger charge is 2.14. The van der Waals surface area contributed by atoms with E-state index in [1.54, 1.807) is 7.11 Å². The minimum atomic E-state index is 0. The van der Waals surface area contributed by atoms with Gasteiger partial charge in [0, 0.05) is 38.9 Å². The molecule has 0 unspecified atom stereocenters. The molecule has 0 atom stereocenters. The lowest BCUT2D eigenvalue weighted by molar-refractivity contribution is -0.131. The second-order valence-corrected chi connectivity index (χ2v) is 6.20. The van der Waals surface area contributed by atoms with Crippen molar-refractivity contribution in [2.24, 2.45) is 0 Å². The van der Waals surface area contributed by atoms with Crippen LogP contribution in [-0.4, -0.2) is 31.1 Å². The molecule has 1 amide bonds. The van der Waals surface area contributed by atoms with Crippen molar-refractivity contribution in [2.75, 3.05) is 26.0 Å². The molecule has 5 heteroatoms. The largest absolute Gasteiger partial charge is 0.399 e. The van der Waals surface area contributed by atoms with Gasteiger partial charge >= 0.3 is 0 Å². The fourth-order valence-electron chi connectivity index (χ4n) is 2.81. The molecular formula is C21H29ClN2O2. The number of benzene rings is 2. The molecule has 4 nitrogen and oxygen atoms in total. The Morgan fingerprint density at radius 2 is 1.73 bits per heavy atom. The highest BCUT2D eigenvalue weighted by atomic mass is 35.5. The molecule has 0 aliphatic carbocycles. The van der Waals surface area contributed by atoms with E-state index in [-0.39, 0.29) is 18.3 Å². The van der Waals surface area contributed by atoms with Crippen LogP contribution in [0.15, 0.2) is 54.6 Å². The monoisotopic (exact) mass is 376 g/mol.